The second-order valence-electron chi connectivity index (χ2n) is 2.94. The van der Waals surface area contributed by atoms with Crippen molar-refractivity contribution >= 4 is 22.6 Å². The third-order valence-electron chi connectivity index (χ3n) is 2.08. The molecule has 0 fully saturated rings. The minimum Gasteiger partial charge on any atom is -0.384 e. The molecule has 2 rings (SSSR count). The lowest BCUT2D eigenvalue weighted by atomic mass is 10.2. The Hall–Kier alpha value is -1.13. The van der Waals surface area contributed by atoms with E-state index in [4.69, 9.17) is 16.3 Å². The van der Waals surface area contributed by atoms with Gasteiger partial charge in [0.15, 0.2) is 0 Å². The molecule has 0 aliphatic rings. The first-order valence-corrected chi connectivity index (χ1v) is 4.66. The molecule has 2 aromatic rings. The topological polar surface area (TPSA) is 50.8 Å². The lowest BCUT2D eigenvalue weighted by molar-refractivity contribution is 0.202. The van der Waals surface area contributed by atoms with Crippen LogP contribution in [0.5, 0.6) is 0 Å². The maximum Gasteiger partial charge on any atom is 0.142 e. The molecule has 14 heavy (non-hydrogen) atoms. The summed E-state index contributed by atoms with van der Waals surface area (Å²) in [4.78, 5) is 11.1. The number of halogens is 1. The lowest BCUT2D eigenvalue weighted by Gasteiger charge is -1.98. The summed E-state index contributed by atoms with van der Waals surface area (Å²) >= 11 is 5.97. The van der Waals surface area contributed by atoms with Gasteiger partial charge in [0.25, 0.3) is 0 Å². The van der Waals surface area contributed by atoms with E-state index in [9.17, 15) is 0 Å². The molecule has 0 saturated carbocycles. The van der Waals surface area contributed by atoms with E-state index >= 15 is 0 Å². The van der Waals surface area contributed by atoms with Crippen molar-refractivity contribution in [3.8, 4) is 0 Å². The van der Waals surface area contributed by atoms with Crippen LogP contribution in [-0.4, -0.2) is 28.7 Å². The fourth-order valence-corrected chi connectivity index (χ4v) is 1.65. The molecule has 0 bridgehead atoms. The summed E-state index contributed by atoms with van der Waals surface area (Å²) in [6.07, 6.45) is 4.15. The molecular formula is C9H10ClN3O. The first-order valence-electron chi connectivity index (χ1n) is 4.28. The number of nitrogens with one attached hydrogen (secondary N) is 1. The number of hydrogen-bond acceptors (Lipinski definition) is 3. The Morgan fingerprint density at radius 1 is 1.50 bits per heavy atom. The molecule has 1 N–H and O–H groups in total. The van der Waals surface area contributed by atoms with Gasteiger partial charge in [-0.05, 0) is 12.0 Å². The van der Waals surface area contributed by atoms with Gasteiger partial charge in [-0.3, -0.25) is 0 Å². The van der Waals surface area contributed by atoms with Gasteiger partial charge < -0.3 is 9.72 Å². The fourth-order valence-electron chi connectivity index (χ4n) is 1.39. The molecule has 2 aromatic heterocycles. The predicted molar refractivity (Wildman–Crippen MR) is 54.5 cm³/mol. The van der Waals surface area contributed by atoms with Crippen molar-refractivity contribution in [3.05, 3.63) is 23.2 Å². The van der Waals surface area contributed by atoms with E-state index in [1.165, 1.54) is 6.33 Å². The minimum absolute atomic E-state index is 0.488. The van der Waals surface area contributed by atoms with E-state index < -0.39 is 0 Å². The van der Waals surface area contributed by atoms with Gasteiger partial charge in [0.1, 0.15) is 17.1 Å². The zero-order valence-electron chi connectivity index (χ0n) is 7.75. The molecule has 0 aliphatic carbocycles. The summed E-state index contributed by atoms with van der Waals surface area (Å²) in [7, 11) is 1.67. The third-order valence-corrected chi connectivity index (χ3v) is 2.37. The van der Waals surface area contributed by atoms with Crippen LogP contribution in [0.25, 0.3) is 11.0 Å². The highest BCUT2D eigenvalue weighted by Gasteiger charge is 2.08. The van der Waals surface area contributed by atoms with E-state index in [1.54, 1.807) is 7.11 Å². The van der Waals surface area contributed by atoms with Crippen LogP contribution in [0.2, 0.25) is 5.15 Å². The molecular weight excluding hydrogens is 202 g/mol. The normalized spacial score (nSPS) is 11.0. The van der Waals surface area contributed by atoms with Crippen LogP contribution in [0.1, 0.15) is 5.56 Å². The summed E-state index contributed by atoms with van der Waals surface area (Å²) in [5.74, 6) is 0. The molecule has 74 valence electrons. The van der Waals surface area contributed by atoms with E-state index in [0.29, 0.717) is 11.8 Å². The second kappa shape index (κ2) is 3.94. The Morgan fingerprint density at radius 3 is 3.14 bits per heavy atom. The zero-order valence-corrected chi connectivity index (χ0v) is 8.51. The van der Waals surface area contributed by atoms with Crippen molar-refractivity contribution in [2.75, 3.05) is 13.7 Å². The SMILES string of the molecule is COCCc1c[nH]c2ncnc(Cl)c12. The lowest BCUT2D eigenvalue weighted by Crippen LogP contribution is -1.93. The van der Waals surface area contributed by atoms with Gasteiger partial charge in [0.05, 0.1) is 12.0 Å². The van der Waals surface area contributed by atoms with E-state index in [2.05, 4.69) is 15.0 Å². The molecule has 0 radical (unpaired) electrons. The van der Waals surface area contributed by atoms with Gasteiger partial charge >= 0.3 is 0 Å². The summed E-state index contributed by atoms with van der Waals surface area (Å²) in [6, 6.07) is 0. The zero-order chi connectivity index (χ0) is 9.97. The fraction of sp³-hybridized carbons (Fsp3) is 0.333. The molecule has 0 spiro atoms. The van der Waals surface area contributed by atoms with Crippen LogP contribution in [0.3, 0.4) is 0 Å². The first-order chi connectivity index (χ1) is 6.83. The largest absolute Gasteiger partial charge is 0.384 e. The standard InChI is InChI=1S/C9H10ClN3O/c1-14-3-2-6-4-11-9-7(6)8(10)12-5-13-9/h4-5H,2-3H2,1H3,(H,11,12,13). The second-order valence-corrected chi connectivity index (χ2v) is 3.30. The Labute approximate surface area is 86.3 Å². The van der Waals surface area contributed by atoms with E-state index in [0.717, 1.165) is 23.0 Å². The predicted octanol–water partition coefficient (Wildman–Crippen LogP) is 1.80. The van der Waals surface area contributed by atoms with Crippen molar-refractivity contribution in [2.45, 2.75) is 6.42 Å². The first kappa shape index (κ1) is 9.43. The molecule has 0 amide bonds. The van der Waals surface area contributed by atoms with Crippen LogP contribution in [0.4, 0.5) is 0 Å². The Bertz CT molecular complexity index is 441. The number of aromatic amines is 1. The van der Waals surface area contributed by atoms with Crippen molar-refractivity contribution < 1.29 is 4.74 Å². The molecule has 0 saturated heterocycles. The van der Waals surface area contributed by atoms with Crippen LogP contribution in [-0.2, 0) is 11.2 Å². The molecule has 0 aliphatic heterocycles. The van der Waals surface area contributed by atoms with Gasteiger partial charge in [0, 0.05) is 13.3 Å². The van der Waals surface area contributed by atoms with Gasteiger partial charge in [-0.1, -0.05) is 11.6 Å². The quantitative estimate of drug-likeness (QED) is 0.788. The molecule has 2 heterocycles. The molecule has 0 unspecified atom stereocenters. The van der Waals surface area contributed by atoms with Gasteiger partial charge in [-0.25, -0.2) is 9.97 Å². The number of fused-ring (bicyclic) bond motifs is 1. The van der Waals surface area contributed by atoms with E-state index in [-0.39, 0.29) is 0 Å². The number of ether oxygens (including phenoxy) is 1. The maximum absolute atomic E-state index is 5.97. The third kappa shape index (κ3) is 1.58. The van der Waals surface area contributed by atoms with Crippen LogP contribution in [0, 0.1) is 0 Å². The van der Waals surface area contributed by atoms with Crippen LogP contribution in [0.15, 0.2) is 12.5 Å². The van der Waals surface area contributed by atoms with Crippen LogP contribution < -0.4 is 0 Å². The number of methoxy groups -OCH3 is 1. The van der Waals surface area contributed by atoms with Crippen molar-refractivity contribution in [3.63, 3.8) is 0 Å². The number of H-pyrrole nitrogens is 1. The summed E-state index contributed by atoms with van der Waals surface area (Å²) in [5.41, 5.74) is 1.86. The van der Waals surface area contributed by atoms with Gasteiger partial charge in [-0.2, -0.15) is 0 Å². The highest BCUT2D eigenvalue weighted by molar-refractivity contribution is 6.34. The number of nitrogens with zero attached hydrogens (tertiary/aromatic N) is 2. The molecule has 0 atom stereocenters. The smallest absolute Gasteiger partial charge is 0.142 e. The Kier molecular flexibility index (Phi) is 2.65. The minimum atomic E-state index is 0.488. The van der Waals surface area contributed by atoms with Gasteiger partial charge in [-0.15, -0.1) is 0 Å². The van der Waals surface area contributed by atoms with Crippen molar-refractivity contribution in [1.29, 1.82) is 0 Å². The maximum atomic E-state index is 5.97. The average Bonchev–Trinajstić information content (AvgIpc) is 2.59. The monoisotopic (exact) mass is 211 g/mol. The molecule has 5 heteroatoms. The number of hydrogen-bond donors (Lipinski definition) is 1. The summed E-state index contributed by atoms with van der Waals surface area (Å²) < 4.78 is 5.01. The van der Waals surface area contributed by atoms with Gasteiger partial charge in [0.2, 0.25) is 0 Å². The number of rotatable bonds is 3. The Balaban J connectivity index is 2.45. The highest BCUT2D eigenvalue weighted by atomic mass is 35.5. The van der Waals surface area contributed by atoms with Crippen LogP contribution >= 0.6 is 11.6 Å². The number of aromatic nitrogens is 3. The molecule has 0 aromatic carbocycles. The summed E-state index contributed by atoms with van der Waals surface area (Å²) in [5, 5.41) is 1.38. The van der Waals surface area contributed by atoms with Crippen molar-refractivity contribution in [2.24, 2.45) is 0 Å². The van der Waals surface area contributed by atoms with E-state index in [1.807, 2.05) is 6.20 Å². The molecule has 4 nitrogen and oxygen atoms in total. The van der Waals surface area contributed by atoms with Crippen molar-refractivity contribution in [1.82, 2.24) is 15.0 Å². The highest BCUT2D eigenvalue weighted by Crippen LogP contribution is 2.23. The summed E-state index contributed by atoms with van der Waals surface area (Å²) in [6.45, 7) is 0.665. The average molecular weight is 212 g/mol. The Morgan fingerprint density at radius 2 is 2.36 bits per heavy atom.